The largest absolute Gasteiger partial charge is 0.386 e. The molecule has 0 aliphatic rings. The highest BCUT2D eigenvalue weighted by molar-refractivity contribution is 5.17. The third-order valence-electron chi connectivity index (χ3n) is 3.84. The lowest BCUT2D eigenvalue weighted by Crippen LogP contribution is -2.12. The number of hydrogen-bond acceptors (Lipinski definition) is 3. The van der Waals surface area contributed by atoms with Gasteiger partial charge < -0.3 is 5.11 Å². The number of aryl methyl sites for hydroxylation is 4. The molecule has 21 heavy (non-hydrogen) atoms. The minimum Gasteiger partial charge on any atom is -0.386 e. The van der Waals surface area contributed by atoms with E-state index < -0.39 is 6.10 Å². The zero-order valence-corrected chi connectivity index (χ0v) is 13.5. The minimum atomic E-state index is -0.538. The standard InChI is InChI=1S/C16H26N4O/c1-5-12-9-14(19(7-3)17-12)11-16(21)15-10-13(6-2)18-20(15)8-4/h9-10,16,21H,5-8,11H2,1-4H3. The Morgan fingerprint density at radius 2 is 1.52 bits per heavy atom. The van der Waals surface area contributed by atoms with E-state index in [2.05, 4.69) is 37.0 Å². The van der Waals surface area contributed by atoms with Gasteiger partial charge in [0, 0.05) is 25.2 Å². The van der Waals surface area contributed by atoms with Gasteiger partial charge >= 0.3 is 0 Å². The molecule has 0 aromatic carbocycles. The van der Waals surface area contributed by atoms with Gasteiger partial charge in [0.2, 0.25) is 0 Å². The van der Waals surface area contributed by atoms with Crippen molar-refractivity contribution in [1.82, 2.24) is 19.6 Å². The molecular weight excluding hydrogens is 264 g/mol. The van der Waals surface area contributed by atoms with Crippen molar-refractivity contribution in [2.45, 2.75) is 66.2 Å². The summed E-state index contributed by atoms with van der Waals surface area (Å²) in [6.45, 7) is 9.91. The lowest BCUT2D eigenvalue weighted by atomic mass is 10.1. The van der Waals surface area contributed by atoms with Gasteiger partial charge in [0.25, 0.3) is 0 Å². The summed E-state index contributed by atoms with van der Waals surface area (Å²) in [5.74, 6) is 0. The van der Waals surface area contributed by atoms with Crippen molar-refractivity contribution >= 4 is 0 Å². The number of rotatable bonds is 7. The van der Waals surface area contributed by atoms with Crippen molar-refractivity contribution < 1.29 is 5.11 Å². The molecule has 0 bridgehead atoms. The summed E-state index contributed by atoms with van der Waals surface area (Å²) < 4.78 is 3.88. The number of aliphatic hydroxyl groups excluding tert-OH is 1. The van der Waals surface area contributed by atoms with Gasteiger partial charge in [-0.15, -0.1) is 0 Å². The number of aliphatic hydroxyl groups is 1. The molecule has 5 heteroatoms. The number of hydrogen-bond donors (Lipinski definition) is 1. The lowest BCUT2D eigenvalue weighted by Gasteiger charge is -2.13. The third-order valence-corrected chi connectivity index (χ3v) is 3.84. The molecule has 2 aromatic heterocycles. The van der Waals surface area contributed by atoms with Gasteiger partial charge in [-0.1, -0.05) is 13.8 Å². The van der Waals surface area contributed by atoms with E-state index in [0.717, 1.165) is 48.7 Å². The van der Waals surface area contributed by atoms with Gasteiger partial charge in [-0.3, -0.25) is 9.36 Å². The Kier molecular flexibility index (Phi) is 5.17. The van der Waals surface area contributed by atoms with Crippen molar-refractivity contribution in [3.8, 4) is 0 Å². The van der Waals surface area contributed by atoms with E-state index >= 15 is 0 Å². The molecule has 1 unspecified atom stereocenters. The van der Waals surface area contributed by atoms with Crippen LogP contribution in [0, 0.1) is 0 Å². The molecule has 0 fully saturated rings. The molecule has 0 saturated heterocycles. The molecule has 1 N–H and O–H groups in total. The highest BCUT2D eigenvalue weighted by Gasteiger charge is 2.18. The van der Waals surface area contributed by atoms with Gasteiger partial charge in [0.15, 0.2) is 0 Å². The van der Waals surface area contributed by atoms with Crippen LogP contribution in [0.3, 0.4) is 0 Å². The fraction of sp³-hybridized carbons (Fsp3) is 0.625. The summed E-state index contributed by atoms with van der Waals surface area (Å²) in [5, 5.41) is 19.6. The van der Waals surface area contributed by atoms with Crippen LogP contribution in [0.4, 0.5) is 0 Å². The van der Waals surface area contributed by atoms with Crippen LogP contribution in [0.5, 0.6) is 0 Å². The molecule has 1 atom stereocenters. The van der Waals surface area contributed by atoms with E-state index in [-0.39, 0.29) is 0 Å². The molecule has 2 heterocycles. The summed E-state index contributed by atoms with van der Waals surface area (Å²) in [7, 11) is 0. The van der Waals surface area contributed by atoms with Gasteiger partial charge in [-0.2, -0.15) is 10.2 Å². The van der Waals surface area contributed by atoms with Gasteiger partial charge in [-0.25, -0.2) is 0 Å². The average molecular weight is 290 g/mol. The number of nitrogens with zero attached hydrogens (tertiary/aromatic N) is 4. The van der Waals surface area contributed by atoms with Crippen LogP contribution in [-0.2, 0) is 32.4 Å². The van der Waals surface area contributed by atoms with Crippen LogP contribution in [0.25, 0.3) is 0 Å². The van der Waals surface area contributed by atoms with Crippen molar-refractivity contribution in [2.24, 2.45) is 0 Å². The van der Waals surface area contributed by atoms with Gasteiger partial charge in [0.05, 0.1) is 17.1 Å². The molecule has 0 radical (unpaired) electrons. The zero-order chi connectivity index (χ0) is 15.4. The first-order valence-corrected chi connectivity index (χ1v) is 7.93. The Balaban J connectivity index is 2.23. The summed E-state index contributed by atoms with van der Waals surface area (Å²) >= 11 is 0. The van der Waals surface area contributed by atoms with Crippen molar-refractivity contribution in [3.05, 3.63) is 34.9 Å². The Morgan fingerprint density at radius 3 is 2.10 bits per heavy atom. The fourth-order valence-corrected chi connectivity index (χ4v) is 2.61. The first-order chi connectivity index (χ1) is 10.1. The van der Waals surface area contributed by atoms with E-state index in [9.17, 15) is 5.11 Å². The van der Waals surface area contributed by atoms with E-state index in [4.69, 9.17) is 0 Å². The van der Waals surface area contributed by atoms with E-state index in [1.807, 2.05) is 22.4 Å². The monoisotopic (exact) mass is 290 g/mol. The average Bonchev–Trinajstić information content (AvgIpc) is 3.10. The Labute approximate surface area is 126 Å². The predicted molar refractivity (Wildman–Crippen MR) is 83.2 cm³/mol. The van der Waals surface area contributed by atoms with Crippen molar-refractivity contribution in [1.29, 1.82) is 0 Å². The molecule has 116 valence electrons. The van der Waals surface area contributed by atoms with Crippen LogP contribution < -0.4 is 0 Å². The first-order valence-electron chi connectivity index (χ1n) is 7.93. The summed E-state index contributed by atoms with van der Waals surface area (Å²) in [6.07, 6.45) is 1.85. The summed E-state index contributed by atoms with van der Waals surface area (Å²) in [6, 6.07) is 4.11. The summed E-state index contributed by atoms with van der Waals surface area (Å²) in [5.41, 5.74) is 4.10. The molecule has 2 rings (SSSR count). The Bertz CT molecular complexity index is 585. The molecule has 5 nitrogen and oxygen atoms in total. The van der Waals surface area contributed by atoms with E-state index in [0.29, 0.717) is 6.42 Å². The zero-order valence-electron chi connectivity index (χ0n) is 13.5. The highest BCUT2D eigenvalue weighted by atomic mass is 16.3. The van der Waals surface area contributed by atoms with E-state index in [1.54, 1.807) is 0 Å². The molecule has 0 saturated carbocycles. The SMILES string of the molecule is CCc1cc(CC(O)c2cc(CC)nn2CC)n(CC)n1. The normalized spacial score (nSPS) is 12.8. The van der Waals surface area contributed by atoms with Gasteiger partial charge in [0.1, 0.15) is 6.10 Å². The molecule has 0 amide bonds. The second-order valence-electron chi connectivity index (χ2n) is 5.25. The second-order valence-corrected chi connectivity index (χ2v) is 5.25. The topological polar surface area (TPSA) is 55.9 Å². The highest BCUT2D eigenvalue weighted by Crippen LogP contribution is 2.21. The van der Waals surface area contributed by atoms with Crippen molar-refractivity contribution in [3.63, 3.8) is 0 Å². The van der Waals surface area contributed by atoms with Crippen molar-refractivity contribution in [2.75, 3.05) is 0 Å². The van der Waals surface area contributed by atoms with Gasteiger partial charge in [-0.05, 0) is 38.8 Å². The quantitative estimate of drug-likeness (QED) is 0.852. The molecule has 0 spiro atoms. The van der Waals surface area contributed by atoms with Crippen LogP contribution in [0.2, 0.25) is 0 Å². The molecule has 0 aliphatic heterocycles. The lowest BCUT2D eigenvalue weighted by molar-refractivity contribution is 0.164. The minimum absolute atomic E-state index is 0.538. The maximum atomic E-state index is 10.6. The summed E-state index contributed by atoms with van der Waals surface area (Å²) in [4.78, 5) is 0. The first kappa shape index (κ1) is 15.8. The van der Waals surface area contributed by atoms with E-state index in [1.165, 1.54) is 0 Å². The third kappa shape index (κ3) is 3.35. The molecule has 2 aromatic rings. The van der Waals surface area contributed by atoms with Crippen LogP contribution in [0.15, 0.2) is 12.1 Å². The smallest absolute Gasteiger partial charge is 0.101 e. The maximum Gasteiger partial charge on any atom is 0.101 e. The Hall–Kier alpha value is -1.62. The maximum absolute atomic E-state index is 10.6. The second kappa shape index (κ2) is 6.89. The number of aromatic nitrogens is 4. The van der Waals surface area contributed by atoms with Crippen LogP contribution in [0.1, 0.15) is 56.6 Å². The molecule has 0 aliphatic carbocycles. The Morgan fingerprint density at radius 1 is 0.952 bits per heavy atom. The molecular formula is C16H26N4O. The predicted octanol–water partition coefficient (Wildman–Crippen LogP) is 2.52. The fourth-order valence-electron chi connectivity index (χ4n) is 2.61. The van der Waals surface area contributed by atoms with Crippen LogP contribution in [-0.4, -0.2) is 24.7 Å². The van der Waals surface area contributed by atoms with Crippen LogP contribution >= 0.6 is 0 Å².